The van der Waals surface area contributed by atoms with Crippen molar-refractivity contribution in [3.63, 3.8) is 0 Å². The third kappa shape index (κ3) is 4.09. The lowest BCUT2D eigenvalue weighted by Crippen LogP contribution is -2.22. The van der Waals surface area contributed by atoms with Crippen LogP contribution in [0.25, 0.3) is 0 Å². The molecule has 8 heteroatoms. The number of hydrogen-bond donors (Lipinski definition) is 2. The van der Waals surface area contributed by atoms with Gasteiger partial charge >= 0.3 is 12.1 Å². The van der Waals surface area contributed by atoms with Crippen molar-refractivity contribution in [3.05, 3.63) is 51.3 Å². The Kier molecular flexibility index (Phi) is 5.84. The fourth-order valence-electron chi connectivity index (χ4n) is 5.13. The second kappa shape index (κ2) is 8.25. The first-order valence-corrected chi connectivity index (χ1v) is 10.8. The van der Waals surface area contributed by atoms with E-state index in [0.29, 0.717) is 12.8 Å². The zero-order valence-electron chi connectivity index (χ0n) is 16.4. The van der Waals surface area contributed by atoms with Gasteiger partial charge in [-0.2, -0.15) is 18.3 Å². The molecule has 162 valence electrons. The Hall–Kier alpha value is -2.02. The molecule has 30 heavy (non-hydrogen) atoms. The molecule has 2 aromatic rings. The number of carboxylic acids is 1. The van der Waals surface area contributed by atoms with Crippen LogP contribution in [0, 0.1) is 5.92 Å². The average molecular weight is 441 g/mol. The minimum absolute atomic E-state index is 0.0827. The monoisotopic (exact) mass is 440 g/mol. The summed E-state index contributed by atoms with van der Waals surface area (Å²) in [5, 5.41) is 17.0. The van der Waals surface area contributed by atoms with E-state index in [9.17, 15) is 23.1 Å². The number of aryl methyl sites for hydroxylation is 1. The Morgan fingerprint density at radius 1 is 1.20 bits per heavy atom. The molecule has 1 aromatic heterocycles. The highest BCUT2D eigenvalue weighted by Crippen LogP contribution is 2.45. The van der Waals surface area contributed by atoms with Crippen molar-refractivity contribution in [1.29, 1.82) is 0 Å². The van der Waals surface area contributed by atoms with Crippen molar-refractivity contribution < 1.29 is 23.1 Å². The van der Waals surface area contributed by atoms with Crippen molar-refractivity contribution in [2.45, 2.75) is 69.4 Å². The van der Waals surface area contributed by atoms with Crippen LogP contribution >= 0.6 is 11.6 Å². The highest BCUT2D eigenvalue weighted by molar-refractivity contribution is 6.31. The Balaban J connectivity index is 1.63. The van der Waals surface area contributed by atoms with E-state index in [1.54, 1.807) is 0 Å². The maximum absolute atomic E-state index is 13.6. The van der Waals surface area contributed by atoms with Crippen LogP contribution in [0.1, 0.15) is 78.4 Å². The summed E-state index contributed by atoms with van der Waals surface area (Å²) in [5.41, 5.74) is 2.43. The van der Waals surface area contributed by atoms with Crippen LogP contribution in [0.15, 0.2) is 18.2 Å². The van der Waals surface area contributed by atoms with Gasteiger partial charge in [0.1, 0.15) is 0 Å². The second-order valence-corrected chi connectivity index (χ2v) is 8.85. The van der Waals surface area contributed by atoms with Crippen molar-refractivity contribution in [1.82, 2.24) is 10.2 Å². The van der Waals surface area contributed by atoms with E-state index in [1.807, 2.05) is 0 Å². The number of carboxylic acid groups (broad SMARTS) is 1. The molecule has 4 nitrogen and oxygen atoms in total. The van der Waals surface area contributed by atoms with Gasteiger partial charge in [-0.05, 0) is 80.5 Å². The molecule has 4 rings (SSSR count). The van der Waals surface area contributed by atoms with Gasteiger partial charge in [0, 0.05) is 16.6 Å². The van der Waals surface area contributed by atoms with Crippen LogP contribution in [0.5, 0.6) is 0 Å². The van der Waals surface area contributed by atoms with E-state index < -0.39 is 17.7 Å². The number of rotatable bonds is 4. The number of alkyl halides is 3. The van der Waals surface area contributed by atoms with Crippen molar-refractivity contribution in [2.75, 3.05) is 0 Å². The van der Waals surface area contributed by atoms with Gasteiger partial charge < -0.3 is 5.11 Å². The van der Waals surface area contributed by atoms with Gasteiger partial charge in [-0.25, -0.2) is 0 Å². The van der Waals surface area contributed by atoms with Gasteiger partial charge in [-0.15, -0.1) is 0 Å². The fourth-order valence-corrected chi connectivity index (χ4v) is 5.38. The summed E-state index contributed by atoms with van der Waals surface area (Å²) in [6, 6.07) is 3.94. The van der Waals surface area contributed by atoms with Crippen LogP contribution in [0.4, 0.5) is 13.2 Å². The lowest BCUT2D eigenvalue weighted by molar-refractivity contribution is -0.143. The summed E-state index contributed by atoms with van der Waals surface area (Å²) < 4.78 is 40.7. The zero-order chi connectivity index (χ0) is 21.5. The Labute approximate surface area is 177 Å². The first-order chi connectivity index (χ1) is 14.3. The van der Waals surface area contributed by atoms with E-state index in [4.69, 9.17) is 11.6 Å². The number of benzene rings is 1. The number of fused-ring (bicyclic) bond motifs is 1. The maximum Gasteiger partial charge on any atom is 0.416 e. The number of carbonyl (C=O) groups is 1. The number of nitrogens with zero attached hydrogens (tertiary/aromatic N) is 1. The summed E-state index contributed by atoms with van der Waals surface area (Å²) in [5.74, 6) is -1.01. The fraction of sp³-hybridized carbons (Fsp3) is 0.545. The molecular formula is C22H24ClF3N2O2. The lowest BCUT2D eigenvalue weighted by atomic mass is 9.75. The summed E-state index contributed by atoms with van der Waals surface area (Å²) in [4.78, 5) is 11.3. The topological polar surface area (TPSA) is 66.0 Å². The highest BCUT2D eigenvalue weighted by atomic mass is 35.5. The Bertz CT molecular complexity index is 933. The standard InChI is InChI=1S/C22H24ClF3N2O2/c23-17-5-2-4-16(22(24,25)26)15(17)11-14-3-1-6-18-19(14)20(28-27-18)12-7-9-13(10-8-12)21(29)30/h2,4-5,12-14H,1,3,6-11H2,(H,27,28)(H,29,30). The summed E-state index contributed by atoms with van der Waals surface area (Å²) in [6.07, 6.45) is 0.956. The molecule has 1 aromatic carbocycles. The molecule has 0 bridgehead atoms. The molecule has 2 aliphatic rings. The van der Waals surface area contributed by atoms with Crippen molar-refractivity contribution >= 4 is 17.6 Å². The number of aliphatic carboxylic acids is 1. The zero-order valence-corrected chi connectivity index (χ0v) is 17.2. The number of nitrogens with one attached hydrogen (secondary N) is 1. The van der Waals surface area contributed by atoms with Crippen LogP contribution in [-0.2, 0) is 23.8 Å². The first-order valence-electron chi connectivity index (χ1n) is 10.4. The number of aromatic amines is 1. The molecule has 0 spiro atoms. The molecule has 1 saturated carbocycles. The molecule has 1 heterocycles. The van der Waals surface area contributed by atoms with E-state index in [2.05, 4.69) is 10.2 Å². The van der Waals surface area contributed by atoms with Gasteiger partial charge in [0.2, 0.25) is 0 Å². The van der Waals surface area contributed by atoms with Gasteiger partial charge in [-0.3, -0.25) is 9.89 Å². The molecule has 2 aliphatic carbocycles. The molecule has 1 unspecified atom stereocenters. The molecular weight excluding hydrogens is 417 g/mol. The molecule has 1 fully saturated rings. The van der Waals surface area contributed by atoms with Gasteiger partial charge in [0.25, 0.3) is 0 Å². The van der Waals surface area contributed by atoms with E-state index in [0.717, 1.165) is 55.1 Å². The summed E-state index contributed by atoms with van der Waals surface area (Å²) >= 11 is 6.21. The van der Waals surface area contributed by atoms with Crippen LogP contribution in [0.3, 0.4) is 0 Å². The first kappa shape index (κ1) is 21.2. The van der Waals surface area contributed by atoms with Gasteiger partial charge in [-0.1, -0.05) is 17.7 Å². The molecule has 0 saturated heterocycles. The number of hydrogen-bond acceptors (Lipinski definition) is 2. The normalized spacial score (nSPS) is 24.5. The third-order valence-electron chi connectivity index (χ3n) is 6.64. The minimum Gasteiger partial charge on any atom is -0.481 e. The molecule has 0 amide bonds. The van der Waals surface area contributed by atoms with Crippen LogP contribution in [-0.4, -0.2) is 21.3 Å². The molecule has 0 aliphatic heterocycles. The number of halogens is 4. The number of H-pyrrole nitrogens is 1. The largest absolute Gasteiger partial charge is 0.481 e. The Morgan fingerprint density at radius 3 is 2.60 bits per heavy atom. The number of aromatic nitrogens is 2. The lowest BCUT2D eigenvalue weighted by Gasteiger charge is -2.29. The highest BCUT2D eigenvalue weighted by Gasteiger charge is 2.37. The van der Waals surface area contributed by atoms with E-state index >= 15 is 0 Å². The van der Waals surface area contributed by atoms with E-state index in [-0.39, 0.29) is 34.8 Å². The Morgan fingerprint density at radius 2 is 1.93 bits per heavy atom. The van der Waals surface area contributed by atoms with Crippen molar-refractivity contribution in [2.24, 2.45) is 5.92 Å². The smallest absolute Gasteiger partial charge is 0.416 e. The van der Waals surface area contributed by atoms with Gasteiger partial charge in [0.15, 0.2) is 0 Å². The predicted molar refractivity (Wildman–Crippen MR) is 107 cm³/mol. The van der Waals surface area contributed by atoms with Crippen LogP contribution in [0.2, 0.25) is 5.02 Å². The molecule has 2 N–H and O–H groups in total. The predicted octanol–water partition coefficient (Wildman–Crippen LogP) is 6.10. The van der Waals surface area contributed by atoms with E-state index in [1.165, 1.54) is 12.1 Å². The molecule has 1 atom stereocenters. The summed E-state index contributed by atoms with van der Waals surface area (Å²) in [6.45, 7) is 0. The maximum atomic E-state index is 13.6. The van der Waals surface area contributed by atoms with Crippen molar-refractivity contribution in [3.8, 4) is 0 Å². The minimum atomic E-state index is -4.45. The third-order valence-corrected chi connectivity index (χ3v) is 6.99. The second-order valence-electron chi connectivity index (χ2n) is 8.44. The van der Waals surface area contributed by atoms with Gasteiger partial charge in [0.05, 0.1) is 17.2 Å². The SMILES string of the molecule is O=C(O)C1CCC(c2n[nH]c3c2C(Cc2c(Cl)cccc2C(F)(F)F)CCC3)CC1. The summed E-state index contributed by atoms with van der Waals surface area (Å²) in [7, 11) is 0. The molecule has 0 radical (unpaired) electrons. The average Bonchev–Trinajstić information content (AvgIpc) is 3.14. The quantitative estimate of drug-likeness (QED) is 0.603. The van der Waals surface area contributed by atoms with Crippen LogP contribution < -0.4 is 0 Å².